The third-order valence-electron chi connectivity index (χ3n) is 5.39. The molecule has 0 unspecified atom stereocenters. The summed E-state index contributed by atoms with van der Waals surface area (Å²) in [4.78, 5) is 25.6. The minimum Gasteiger partial charge on any atom is -0.507 e. The molecule has 1 aliphatic heterocycles. The van der Waals surface area contributed by atoms with E-state index in [4.69, 9.17) is 9.47 Å². The Morgan fingerprint density at radius 1 is 0.900 bits per heavy atom. The van der Waals surface area contributed by atoms with Gasteiger partial charge in [-0.25, -0.2) is 0 Å². The van der Waals surface area contributed by atoms with Crippen molar-refractivity contribution in [2.75, 3.05) is 0 Å². The van der Waals surface area contributed by atoms with Crippen LogP contribution in [-0.2, 0) is 16.1 Å². The van der Waals surface area contributed by atoms with Crippen molar-refractivity contribution < 1.29 is 44.6 Å². The molecule has 5 N–H and O–H groups in total. The molecule has 9 nitrogen and oxygen atoms in total. The normalized spacial score (nSPS) is 28.2. The van der Waals surface area contributed by atoms with E-state index >= 15 is 0 Å². The fourth-order valence-corrected chi connectivity index (χ4v) is 3.75. The number of rotatable bonds is 3. The van der Waals surface area contributed by atoms with Crippen molar-refractivity contribution in [3.8, 4) is 11.5 Å². The quantitative estimate of drug-likeness (QED) is 0.403. The predicted octanol–water partition coefficient (Wildman–Crippen LogP) is 0.217. The van der Waals surface area contributed by atoms with Crippen molar-refractivity contribution in [2.45, 2.75) is 44.2 Å². The molecule has 0 amide bonds. The summed E-state index contributed by atoms with van der Waals surface area (Å²) in [6, 6.07) is 6.76. The Hall–Kier alpha value is -2.82. The molecule has 9 heteroatoms. The van der Waals surface area contributed by atoms with Crippen molar-refractivity contribution in [1.29, 1.82) is 0 Å². The molecule has 0 spiro atoms. The first-order valence-corrected chi connectivity index (χ1v) is 9.29. The second-order valence-corrected chi connectivity index (χ2v) is 7.39. The van der Waals surface area contributed by atoms with Crippen molar-refractivity contribution in [3.63, 3.8) is 0 Å². The maximum atomic E-state index is 12.8. The molecule has 4 rings (SSSR count). The number of ketones is 2. The average Bonchev–Trinajstić information content (AvgIpc) is 2.71. The van der Waals surface area contributed by atoms with E-state index in [-0.39, 0.29) is 34.6 Å². The van der Waals surface area contributed by atoms with Gasteiger partial charge in [-0.15, -0.1) is 0 Å². The van der Waals surface area contributed by atoms with Crippen LogP contribution in [0.1, 0.15) is 44.3 Å². The highest BCUT2D eigenvalue weighted by atomic mass is 16.7. The molecule has 1 saturated heterocycles. The van der Waals surface area contributed by atoms with E-state index in [1.54, 1.807) is 0 Å². The van der Waals surface area contributed by atoms with Gasteiger partial charge in [-0.05, 0) is 30.7 Å². The number of aliphatic hydroxyl groups is 3. The molecule has 0 radical (unpaired) electrons. The predicted molar refractivity (Wildman–Crippen MR) is 100 cm³/mol. The Balaban J connectivity index is 1.61. The first-order chi connectivity index (χ1) is 14.2. The number of fused-ring (bicyclic) bond motifs is 2. The molecule has 158 valence electrons. The monoisotopic (exact) mass is 416 g/mol. The highest BCUT2D eigenvalue weighted by Crippen LogP contribution is 2.37. The van der Waals surface area contributed by atoms with Crippen LogP contribution < -0.4 is 0 Å². The number of aromatic hydroxyl groups is 2. The second kappa shape index (κ2) is 7.46. The molecule has 1 heterocycles. The minimum absolute atomic E-state index is 0.0296. The Kier molecular flexibility index (Phi) is 5.08. The van der Waals surface area contributed by atoms with Crippen molar-refractivity contribution in [3.05, 3.63) is 58.1 Å². The number of benzene rings is 2. The lowest BCUT2D eigenvalue weighted by molar-refractivity contribution is -0.296. The molecule has 2 aromatic rings. The smallest absolute Gasteiger partial charge is 0.201 e. The Labute approximate surface area is 170 Å². The lowest BCUT2D eigenvalue weighted by atomic mass is 9.82. The molecule has 30 heavy (non-hydrogen) atoms. The molecule has 0 aromatic heterocycles. The third-order valence-corrected chi connectivity index (χ3v) is 5.39. The van der Waals surface area contributed by atoms with Crippen LogP contribution in [0.25, 0.3) is 0 Å². The van der Waals surface area contributed by atoms with Crippen LogP contribution in [-0.4, -0.2) is 67.8 Å². The van der Waals surface area contributed by atoms with Gasteiger partial charge in [0, 0.05) is 11.1 Å². The second-order valence-electron chi connectivity index (χ2n) is 7.39. The van der Waals surface area contributed by atoms with Gasteiger partial charge in [-0.2, -0.15) is 0 Å². The van der Waals surface area contributed by atoms with E-state index < -0.39 is 48.0 Å². The number of ether oxygens (including phenoxy) is 2. The lowest BCUT2D eigenvalue weighted by Gasteiger charge is -2.38. The number of carbonyl (C=O) groups excluding carboxylic acids is 2. The van der Waals surface area contributed by atoms with Crippen molar-refractivity contribution >= 4 is 11.6 Å². The van der Waals surface area contributed by atoms with Gasteiger partial charge in [0.25, 0.3) is 0 Å². The third kappa shape index (κ3) is 3.17. The van der Waals surface area contributed by atoms with Gasteiger partial charge in [0.15, 0.2) is 12.1 Å². The average molecular weight is 416 g/mol. The molecular weight excluding hydrogens is 396 g/mol. The first kappa shape index (κ1) is 20.5. The summed E-state index contributed by atoms with van der Waals surface area (Å²) in [7, 11) is 0. The van der Waals surface area contributed by atoms with Gasteiger partial charge in [-0.1, -0.05) is 12.1 Å². The van der Waals surface area contributed by atoms with Gasteiger partial charge < -0.3 is 35.0 Å². The number of phenols is 2. The summed E-state index contributed by atoms with van der Waals surface area (Å²) in [6.07, 6.45) is -6.26. The van der Waals surface area contributed by atoms with Crippen LogP contribution in [0.15, 0.2) is 30.3 Å². The van der Waals surface area contributed by atoms with E-state index in [0.717, 1.165) is 0 Å². The summed E-state index contributed by atoms with van der Waals surface area (Å²) in [5.41, 5.74) is -0.0546. The minimum atomic E-state index is -1.50. The SMILES string of the molecule is C[C@@H]1O[C@@H](OCc2cc(O)c3c(c2)C(=O)c2cccc(O)c2C3=O)[C@H](O)[C@H](O)[C@H]1O. The number of phenolic OH excluding ortho intramolecular Hbond substituents is 2. The Morgan fingerprint density at radius 2 is 1.60 bits per heavy atom. The molecule has 2 aliphatic rings. The Morgan fingerprint density at radius 3 is 2.33 bits per heavy atom. The van der Waals surface area contributed by atoms with Gasteiger partial charge >= 0.3 is 0 Å². The summed E-state index contributed by atoms with van der Waals surface area (Å²) in [6.45, 7) is 1.30. The highest BCUT2D eigenvalue weighted by molar-refractivity contribution is 6.30. The van der Waals surface area contributed by atoms with Crippen LogP contribution in [0.4, 0.5) is 0 Å². The summed E-state index contributed by atoms with van der Waals surface area (Å²) >= 11 is 0. The van der Waals surface area contributed by atoms with E-state index in [2.05, 4.69) is 0 Å². The molecule has 5 atom stereocenters. The molecule has 0 saturated carbocycles. The topological polar surface area (TPSA) is 154 Å². The molecule has 0 bridgehead atoms. The fourth-order valence-electron chi connectivity index (χ4n) is 3.75. The van der Waals surface area contributed by atoms with Crippen molar-refractivity contribution in [1.82, 2.24) is 0 Å². The maximum Gasteiger partial charge on any atom is 0.201 e. The van der Waals surface area contributed by atoms with E-state index in [9.17, 15) is 35.1 Å². The van der Waals surface area contributed by atoms with Crippen molar-refractivity contribution in [2.24, 2.45) is 0 Å². The molecule has 1 aliphatic carbocycles. The largest absolute Gasteiger partial charge is 0.507 e. The summed E-state index contributed by atoms with van der Waals surface area (Å²) in [5, 5.41) is 50.0. The summed E-state index contributed by atoms with van der Waals surface area (Å²) in [5.74, 6) is -2.00. The number of carbonyl (C=O) groups is 2. The standard InChI is InChI=1S/C21H20O9/c1-8-16(24)19(27)20(28)21(30-8)29-7-9-5-11-15(13(23)6-9)18(26)14-10(17(11)25)3-2-4-12(14)22/h2-6,8,16,19-24,27-28H,7H2,1H3/t8-,16-,19+,20+,21+/m0/s1. The van der Waals surface area contributed by atoms with E-state index in [0.29, 0.717) is 5.56 Å². The maximum absolute atomic E-state index is 12.8. The molecular formula is C21H20O9. The van der Waals surface area contributed by atoms with Crippen LogP contribution >= 0.6 is 0 Å². The number of hydrogen-bond acceptors (Lipinski definition) is 9. The van der Waals surface area contributed by atoms with Crippen LogP contribution in [0.2, 0.25) is 0 Å². The molecule has 1 fully saturated rings. The fraction of sp³-hybridized carbons (Fsp3) is 0.333. The van der Waals surface area contributed by atoms with Gasteiger partial charge in [0.1, 0.15) is 29.8 Å². The van der Waals surface area contributed by atoms with Crippen LogP contribution in [0, 0.1) is 0 Å². The number of aliphatic hydroxyl groups excluding tert-OH is 3. The van der Waals surface area contributed by atoms with E-state index in [1.165, 1.54) is 37.3 Å². The zero-order chi connectivity index (χ0) is 21.7. The lowest BCUT2D eigenvalue weighted by Crippen LogP contribution is -2.57. The van der Waals surface area contributed by atoms with Crippen LogP contribution in [0.5, 0.6) is 11.5 Å². The first-order valence-electron chi connectivity index (χ1n) is 9.29. The zero-order valence-electron chi connectivity index (χ0n) is 15.8. The van der Waals surface area contributed by atoms with Gasteiger partial charge in [-0.3, -0.25) is 9.59 Å². The highest BCUT2D eigenvalue weighted by Gasteiger charge is 2.42. The zero-order valence-corrected chi connectivity index (χ0v) is 15.8. The Bertz CT molecular complexity index is 1030. The van der Waals surface area contributed by atoms with Crippen LogP contribution in [0.3, 0.4) is 0 Å². The number of hydrogen-bond donors (Lipinski definition) is 5. The molecule has 2 aromatic carbocycles. The van der Waals surface area contributed by atoms with Gasteiger partial charge in [0.05, 0.1) is 23.8 Å². The van der Waals surface area contributed by atoms with Gasteiger partial charge in [0.2, 0.25) is 5.78 Å². The van der Waals surface area contributed by atoms with E-state index in [1.807, 2.05) is 0 Å². The summed E-state index contributed by atoms with van der Waals surface area (Å²) < 4.78 is 10.8.